The Kier molecular flexibility index (Phi) is 40.4. The summed E-state index contributed by atoms with van der Waals surface area (Å²) in [7, 11) is 4.20. The molecular formula is C47H88N2O3. The van der Waals surface area contributed by atoms with Crippen molar-refractivity contribution in [1.82, 2.24) is 9.80 Å². The molecule has 0 aromatic rings. The quantitative estimate of drug-likeness (QED) is 0.0358. The minimum atomic E-state index is -0.478. The molecule has 5 nitrogen and oxygen atoms in total. The van der Waals surface area contributed by atoms with Gasteiger partial charge >= 0.3 is 6.16 Å². The third-order valence-electron chi connectivity index (χ3n) is 9.75. The van der Waals surface area contributed by atoms with Crippen LogP contribution >= 0.6 is 0 Å². The Bertz CT molecular complexity index is 802. The zero-order chi connectivity index (χ0) is 38.0. The number of hydrogen-bond donors (Lipinski definition) is 0. The van der Waals surface area contributed by atoms with Gasteiger partial charge in [-0.2, -0.15) is 0 Å². The molecular weight excluding hydrogens is 641 g/mol. The van der Waals surface area contributed by atoms with Gasteiger partial charge in [0.05, 0.1) is 0 Å². The van der Waals surface area contributed by atoms with Crippen LogP contribution in [0.5, 0.6) is 0 Å². The number of unbranched alkanes of at least 4 members (excludes halogenated alkanes) is 18. The van der Waals surface area contributed by atoms with Crippen LogP contribution < -0.4 is 0 Å². The van der Waals surface area contributed by atoms with Crippen LogP contribution in [0.4, 0.5) is 4.79 Å². The molecule has 0 N–H and O–H groups in total. The molecule has 0 fully saturated rings. The largest absolute Gasteiger partial charge is 0.508 e. The highest BCUT2D eigenvalue weighted by molar-refractivity contribution is 5.60. The fraction of sp³-hybridized carbons (Fsp3) is 0.809. The van der Waals surface area contributed by atoms with Crippen LogP contribution in [-0.2, 0) is 9.47 Å². The Balaban J connectivity index is 4.34. The van der Waals surface area contributed by atoms with Crippen LogP contribution in [0.3, 0.4) is 0 Å². The first kappa shape index (κ1) is 50.1. The van der Waals surface area contributed by atoms with E-state index >= 15 is 0 Å². The third-order valence-corrected chi connectivity index (χ3v) is 9.75. The number of rotatable bonds is 39. The van der Waals surface area contributed by atoms with Crippen LogP contribution in [-0.4, -0.2) is 68.9 Å². The number of ether oxygens (including phenoxy) is 2. The van der Waals surface area contributed by atoms with Crippen molar-refractivity contribution in [3.8, 4) is 0 Å². The maximum atomic E-state index is 12.7. The minimum absolute atomic E-state index is 0.0235. The highest BCUT2D eigenvalue weighted by atomic mass is 16.7. The summed E-state index contributed by atoms with van der Waals surface area (Å²) in [6.07, 6.45) is 51.1. The Morgan fingerprint density at radius 2 is 0.904 bits per heavy atom. The summed E-state index contributed by atoms with van der Waals surface area (Å²) in [4.78, 5) is 17.3. The third kappa shape index (κ3) is 39.4. The van der Waals surface area contributed by atoms with Crippen LogP contribution in [0.15, 0.2) is 48.6 Å². The van der Waals surface area contributed by atoms with E-state index in [0.29, 0.717) is 6.61 Å². The molecule has 0 atom stereocenters. The van der Waals surface area contributed by atoms with Crippen LogP contribution in [0.25, 0.3) is 0 Å². The lowest BCUT2D eigenvalue weighted by atomic mass is 10.0. The molecule has 0 amide bonds. The maximum Gasteiger partial charge on any atom is 0.508 e. The summed E-state index contributed by atoms with van der Waals surface area (Å²) >= 11 is 0. The van der Waals surface area contributed by atoms with Gasteiger partial charge in [0.1, 0.15) is 12.7 Å². The van der Waals surface area contributed by atoms with Crippen molar-refractivity contribution in [3.05, 3.63) is 48.6 Å². The first-order chi connectivity index (χ1) is 25.5. The van der Waals surface area contributed by atoms with Crippen molar-refractivity contribution in [2.24, 2.45) is 0 Å². The van der Waals surface area contributed by atoms with Gasteiger partial charge in [-0.15, -0.1) is 0 Å². The van der Waals surface area contributed by atoms with Gasteiger partial charge in [0.2, 0.25) is 0 Å². The zero-order valence-electron chi connectivity index (χ0n) is 35.4. The van der Waals surface area contributed by atoms with E-state index in [2.05, 4.69) is 93.3 Å². The van der Waals surface area contributed by atoms with Crippen molar-refractivity contribution in [2.45, 2.75) is 200 Å². The molecule has 0 saturated carbocycles. The van der Waals surface area contributed by atoms with Gasteiger partial charge in [0.25, 0.3) is 0 Å². The Morgan fingerprint density at radius 3 is 1.33 bits per heavy atom. The fourth-order valence-corrected chi connectivity index (χ4v) is 6.40. The van der Waals surface area contributed by atoms with Gasteiger partial charge in [-0.05, 0) is 117 Å². The standard InChI is InChI=1S/C47H88N2O3/c1-6-9-11-13-15-17-19-21-23-25-27-29-31-33-35-37-39-46(52-47(50)51-45-44-49(41-8-3)43-42-48(4)5)40-38-36-34-32-30-28-26-24-22-20-18-16-14-12-10-7-2/h15-18,21-24,46H,6-14,19-20,25-45H2,1-5H3/b17-15-,18-16-,23-21-,24-22-. The average Bonchev–Trinajstić information content (AvgIpc) is 3.13. The lowest BCUT2D eigenvalue weighted by Crippen LogP contribution is -2.35. The van der Waals surface area contributed by atoms with E-state index < -0.39 is 6.16 Å². The van der Waals surface area contributed by atoms with Crippen LogP contribution in [0, 0.1) is 0 Å². The molecule has 0 radical (unpaired) electrons. The van der Waals surface area contributed by atoms with Crippen LogP contribution in [0.1, 0.15) is 194 Å². The van der Waals surface area contributed by atoms with E-state index in [9.17, 15) is 4.79 Å². The second kappa shape index (κ2) is 41.9. The van der Waals surface area contributed by atoms with Gasteiger partial charge in [-0.25, -0.2) is 4.79 Å². The SMILES string of the molecule is CCCCC/C=C\C/C=C\CCCCCCCCC(CCCCCCCC/C=C\C/C=C\CCCCC)OC(=O)OCCN(CCC)CCN(C)C. The summed E-state index contributed by atoms with van der Waals surface area (Å²) in [5.41, 5.74) is 0. The zero-order valence-corrected chi connectivity index (χ0v) is 35.4. The van der Waals surface area contributed by atoms with Gasteiger partial charge in [-0.3, -0.25) is 4.90 Å². The molecule has 52 heavy (non-hydrogen) atoms. The van der Waals surface area contributed by atoms with Gasteiger partial charge in [0.15, 0.2) is 0 Å². The first-order valence-electron chi connectivity index (χ1n) is 22.3. The second-order valence-electron chi connectivity index (χ2n) is 15.2. The van der Waals surface area contributed by atoms with E-state index in [1.54, 1.807) is 0 Å². The van der Waals surface area contributed by atoms with Crippen molar-refractivity contribution < 1.29 is 14.3 Å². The summed E-state index contributed by atoms with van der Waals surface area (Å²) in [5, 5.41) is 0. The summed E-state index contributed by atoms with van der Waals surface area (Å²) in [5.74, 6) is 0. The lowest BCUT2D eigenvalue weighted by molar-refractivity contribution is 0.0117. The first-order valence-corrected chi connectivity index (χ1v) is 22.3. The number of likely N-dealkylation sites (N-methyl/N-ethyl adjacent to an activating group) is 1. The summed E-state index contributed by atoms with van der Waals surface area (Å²) in [6, 6.07) is 0. The predicted molar refractivity (Wildman–Crippen MR) is 229 cm³/mol. The number of hydrogen-bond acceptors (Lipinski definition) is 5. The molecule has 0 aliphatic heterocycles. The molecule has 5 heteroatoms. The van der Waals surface area contributed by atoms with Crippen molar-refractivity contribution in [1.29, 1.82) is 0 Å². The van der Waals surface area contributed by atoms with Gasteiger partial charge < -0.3 is 14.4 Å². The number of allylic oxidation sites excluding steroid dienone is 8. The van der Waals surface area contributed by atoms with Crippen LogP contribution in [0.2, 0.25) is 0 Å². The number of carbonyl (C=O) groups excluding carboxylic acids is 1. The molecule has 0 aliphatic rings. The molecule has 0 aliphatic carbocycles. The van der Waals surface area contributed by atoms with E-state index in [0.717, 1.165) is 71.1 Å². The van der Waals surface area contributed by atoms with E-state index in [1.807, 2.05) is 0 Å². The lowest BCUT2D eigenvalue weighted by Gasteiger charge is -2.23. The van der Waals surface area contributed by atoms with Gasteiger partial charge in [-0.1, -0.05) is 146 Å². The van der Waals surface area contributed by atoms with Crippen molar-refractivity contribution >= 4 is 6.16 Å². The molecule has 0 rings (SSSR count). The molecule has 0 aromatic heterocycles. The second-order valence-corrected chi connectivity index (χ2v) is 15.2. The van der Waals surface area contributed by atoms with Crippen molar-refractivity contribution in [2.75, 3.05) is 46.9 Å². The van der Waals surface area contributed by atoms with Gasteiger partial charge in [0, 0.05) is 19.6 Å². The Hall–Kier alpha value is -1.85. The van der Waals surface area contributed by atoms with E-state index in [1.165, 1.54) is 128 Å². The topological polar surface area (TPSA) is 42.0 Å². The molecule has 0 spiro atoms. The molecule has 0 bridgehead atoms. The van der Waals surface area contributed by atoms with E-state index in [-0.39, 0.29) is 6.10 Å². The van der Waals surface area contributed by atoms with E-state index in [4.69, 9.17) is 9.47 Å². The Morgan fingerprint density at radius 1 is 0.481 bits per heavy atom. The summed E-state index contributed by atoms with van der Waals surface area (Å²) < 4.78 is 11.5. The molecule has 0 saturated heterocycles. The molecule has 0 heterocycles. The predicted octanol–water partition coefficient (Wildman–Crippen LogP) is 14.2. The molecule has 304 valence electrons. The molecule has 0 aromatic carbocycles. The Labute approximate surface area is 325 Å². The minimum Gasteiger partial charge on any atom is -0.433 e. The average molecular weight is 729 g/mol. The summed E-state index contributed by atoms with van der Waals surface area (Å²) in [6.45, 7) is 10.9. The molecule has 0 unspecified atom stereocenters. The highest BCUT2D eigenvalue weighted by Crippen LogP contribution is 2.18. The monoisotopic (exact) mass is 729 g/mol. The number of nitrogens with zero attached hydrogens (tertiary/aromatic N) is 2. The smallest absolute Gasteiger partial charge is 0.433 e. The number of carbonyl (C=O) groups is 1. The normalized spacial score (nSPS) is 12.4. The fourth-order valence-electron chi connectivity index (χ4n) is 6.40. The highest BCUT2D eigenvalue weighted by Gasteiger charge is 2.16. The van der Waals surface area contributed by atoms with Crippen molar-refractivity contribution in [3.63, 3.8) is 0 Å². The maximum absolute atomic E-state index is 12.7.